The van der Waals surface area contributed by atoms with Crippen LogP contribution in [-0.4, -0.2) is 13.2 Å². The summed E-state index contributed by atoms with van der Waals surface area (Å²) in [5.74, 6) is 3.32. The summed E-state index contributed by atoms with van der Waals surface area (Å²) >= 11 is 3.45. The van der Waals surface area contributed by atoms with Gasteiger partial charge in [-0.3, -0.25) is 0 Å². The number of benzene rings is 1. The zero-order valence-corrected chi connectivity index (χ0v) is 11.0. The van der Waals surface area contributed by atoms with E-state index in [1.807, 2.05) is 12.1 Å². The molecule has 0 fully saturated rings. The molecule has 1 aromatic carbocycles. The first-order chi connectivity index (χ1) is 7.77. The molecule has 0 aliphatic rings. The maximum absolute atomic E-state index is 5.48. The Morgan fingerprint density at radius 1 is 1.50 bits per heavy atom. The summed E-state index contributed by atoms with van der Waals surface area (Å²) in [7, 11) is 0. The van der Waals surface area contributed by atoms with Crippen molar-refractivity contribution in [3.63, 3.8) is 0 Å². The van der Waals surface area contributed by atoms with Crippen LogP contribution in [0, 0.1) is 12.3 Å². The lowest BCUT2D eigenvalue weighted by molar-refractivity contribution is 0.364. The first kappa shape index (κ1) is 13.1. The van der Waals surface area contributed by atoms with Gasteiger partial charge in [-0.2, -0.15) is 0 Å². The summed E-state index contributed by atoms with van der Waals surface area (Å²) in [6, 6.07) is 5.94. The topological polar surface area (TPSA) is 21.3 Å². The molecule has 1 rings (SSSR count). The quantitative estimate of drug-likeness (QED) is 0.640. The number of halogens is 1. The highest BCUT2D eigenvalue weighted by Crippen LogP contribution is 2.23. The van der Waals surface area contributed by atoms with Crippen LogP contribution in [0.3, 0.4) is 0 Å². The van der Waals surface area contributed by atoms with Crippen molar-refractivity contribution in [2.75, 3.05) is 13.2 Å². The Labute approximate surface area is 106 Å². The van der Waals surface area contributed by atoms with Crippen LogP contribution in [0.5, 0.6) is 5.75 Å². The molecule has 0 aliphatic heterocycles. The second kappa shape index (κ2) is 7.32. The third-order valence-electron chi connectivity index (χ3n) is 2.08. The van der Waals surface area contributed by atoms with Gasteiger partial charge in [-0.1, -0.05) is 28.8 Å². The fourth-order valence-corrected chi connectivity index (χ4v) is 1.75. The average molecular weight is 282 g/mol. The molecule has 1 aromatic rings. The summed E-state index contributed by atoms with van der Waals surface area (Å²) in [6.07, 6.45) is 6.30. The average Bonchev–Trinajstić information content (AvgIpc) is 2.28. The fourth-order valence-electron chi connectivity index (χ4n) is 1.35. The lowest BCUT2D eigenvalue weighted by atomic mass is 10.2. The molecule has 0 unspecified atom stereocenters. The van der Waals surface area contributed by atoms with Crippen molar-refractivity contribution in [2.24, 2.45) is 0 Å². The van der Waals surface area contributed by atoms with Crippen LogP contribution in [0.4, 0.5) is 0 Å². The maximum atomic E-state index is 5.48. The van der Waals surface area contributed by atoms with Crippen molar-refractivity contribution in [3.8, 4) is 18.1 Å². The van der Waals surface area contributed by atoms with E-state index < -0.39 is 0 Å². The molecule has 0 spiro atoms. The summed E-state index contributed by atoms with van der Waals surface area (Å²) in [5, 5.41) is 3.34. The van der Waals surface area contributed by atoms with E-state index in [0.717, 1.165) is 35.3 Å². The second-order valence-electron chi connectivity index (χ2n) is 3.42. The smallest absolute Gasteiger partial charge is 0.148 e. The van der Waals surface area contributed by atoms with Crippen molar-refractivity contribution >= 4 is 15.9 Å². The van der Waals surface area contributed by atoms with E-state index in [1.54, 1.807) is 0 Å². The zero-order chi connectivity index (χ0) is 11.8. The van der Waals surface area contributed by atoms with Gasteiger partial charge < -0.3 is 10.1 Å². The van der Waals surface area contributed by atoms with E-state index in [9.17, 15) is 0 Å². The molecule has 2 nitrogen and oxygen atoms in total. The van der Waals surface area contributed by atoms with Crippen molar-refractivity contribution in [1.29, 1.82) is 0 Å². The molecule has 1 N–H and O–H groups in total. The summed E-state index contributed by atoms with van der Waals surface area (Å²) in [4.78, 5) is 0. The highest BCUT2D eigenvalue weighted by atomic mass is 79.9. The molecular weight excluding hydrogens is 266 g/mol. The number of terminal acetylenes is 1. The first-order valence-corrected chi connectivity index (χ1v) is 6.12. The molecular formula is C13H16BrNO. The molecule has 0 saturated carbocycles. The van der Waals surface area contributed by atoms with Gasteiger partial charge >= 0.3 is 0 Å². The first-order valence-electron chi connectivity index (χ1n) is 5.33. The van der Waals surface area contributed by atoms with Crippen LogP contribution in [0.1, 0.15) is 18.9 Å². The molecule has 86 valence electrons. The van der Waals surface area contributed by atoms with Crippen molar-refractivity contribution < 1.29 is 4.74 Å². The molecule has 0 radical (unpaired) electrons. The van der Waals surface area contributed by atoms with Gasteiger partial charge in [0.05, 0.1) is 0 Å². The Morgan fingerprint density at radius 3 is 3.00 bits per heavy atom. The lowest BCUT2D eigenvalue weighted by Crippen LogP contribution is -2.14. The molecule has 3 heteroatoms. The van der Waals surface area contributed by atoms with Gasteiger partial charge in [0.1, 0.15) is 12.4 Å². The summed E-state index contributed by atoms with van der Waals surface area (Å²) < 4.78 is 6.52. The van der Waals surface area contributed by atoms with Gasteiger partial charge in [-0.25, -0.2) is 0 Å². The van der Waals surface area contributed by atoms with Gasteiger partial charge in [0, 0.05) is 16.6 Å². The van der Waals surface area contributed by atoms with Crippen molar-refractivity contribution in [1.82, 2.24) is 5.32 Å². The second-order valence-corrected chi connectivity index (χ2v) is 4.34. The predicted molar refractivity (Wildman–Crippen MR) is 70.5 cm³/mol. The lowest BCUT2D eigenvalue weighted by Gasteiger charge is -2.10. The van der Waals surface area contributed by atoms with E-state index in [4.69, 9.17) is 11.2 Å². The fraction of sp³-hybridized carbons (Fsp3) is 0.385. The van der Waals surface area contributed by atoms with Gasteiger partial charge in [-0.05, 0) is 31.2 Å². The normalized spacial score (nSPS) is 9.81. The maximum Gasteiger partial charge on any atom is 0.148 e. The van der Waals surface area contributed by atoms with Crippen LogP contribution in [0.2, 0.25) is 0 Å². The van der Waals surface area contributed by atoms with Crippen LogP contribution < -0.4 is 10.1 Å². The Balaban J connectivity index is 2.69. The number of hydrogen-bond donors (Lipinski definition) is 1. The highest BCUT2D eigenvalue weighted by Gasteiger charge is 2.03. The van der Waals surface area contributed by atoms with Crippen LogP contribution in [0.15, 0.2) is 22.7 Å². The number of hydrogen-bond acceptors (Lipinski definition) is 2. The molecule has 0 saturated heterocycles. The number of nitrogens with one attached hydrogen (secondary N) is 1. The molecule has 0 aliphatic carbocycles. The third kappa shape index (κ3) is 4.26. The summed E-state index contributed by atoms with van der Waals surface area (Å²) in [5.41, 5.74) is 1.12. The van der Waals surface area contributed by atoms with E-state index >= 15 is 0 Å². The van der Waals surface area contributed by atoms with E-state index in [1.165, 1.54) is 0 Å². The van der Waals surface area contributed by atoms with Gasteiger partial charge in [0.15, 0.2) is 0 Å². The molecule has 0 aromatic heterocycles. The Bertz CT molecular complexity index is 371. The third-order valence-corrected chi connectivity index (χ3v) is 2.57. The Morgan fingerprint density at radius 2 is 2.31 bits per heavy atom. The predicted octanol–water partition coefficient (Wildman–Crippen LogP) is 2.96. The van der Waals surface area contributed by atoms with Crippen LogP contribution in [0.25, 0.3) is 0 Å². The van der Waals surface area contributed by atoms with Crippen LogP contribution in [-0.2, 0) is 6.54 Å². The summed E-state index contributed by atoms with van der Waals surface area (Å²) in [6.45, 7) is 4.25. The minimum absolute atomic E-state index is 0.308. The molecule has 0 amide bonds. The van der Waals surface area contributed by atoms with Crippen molar-refractivity contribution in [2.45, 2.75) is 19.9 Å². The van der Waals surface area contributed by atoms with Gasteiger partial charge in [0.25, 0.3) is 0 Å². The standard InChI is InChI=1S/C13H16BrNO/c1-3-7-15-10-11-9-12(14)5-6-13(11)16-8-4-2/h2,5-6,9,15H,3,7-8,10H2,1H3. The highest BCUT2D eigenvalue weighted by molar-refractivity contribution is 9.10. The number of ether oxygens (including phenoxy) is 1. The number of rotatable bonds is 6. The van der Waals surface area contributed by atoms with E-state index in [0.29, 0.717) is 6.61 Å². The zero-order valence-electron chi connectivity index (χ0n) is 9.42. The molecule has 16 heavy (non-hydrogen) atoms. The van der Waals surface area contributed by atoms with E-state index in [2.05, 4.69) is 40.2 Å². The minimum atomic E-state index is 0.308. The molecule has 0 heterocycles. The monoisotopic (exact) mass is 281 g/mol. The van der Waals surface area contributed by atoms with Gasteiger partial charge in [0.2, 0.25) is 0 Å². The van der Waals surface area contributed by atoms with Gasteiger partial charge in [-0.15, -0.1) is 6.42 Å². The van der Waals surface area contributed by atoms with E-state index in [-0.39, 0.29) is 0 Å². The Kier molecular flexibility index (Phi) is 5.99. The Hall–Kier alpha value is -0.980. The molecule has 0 atom stereocenters. The van der Waals surface area contributed by atoms with Crippen LogP contribution >= 0.6 is 15.9 Å². The minimum Gasteiger partial charge on any atom is -0.481 e. The largest absolute Gasteiger partial charge is 0.481 e. The SMILES string of the molecule is C#CCOc1ccc(Br)cc1CNCCC. The van der Waals surface area contributed by atoms with Crippen molar-refractivity contribution in [3.05, 3.63) is 28.2 Å². The molecule has 0 bridgehead atoms.